The SMILES string of the molecule is O=C(NC[C@H]1COCCO1)c1ccc(OCc2ccc3ccccc3n2)cc1. The Kier molecular flexibility index (Phi) is 5.80. The Morgan fingerprint density at radius 2 is 1.93 bits per heavy atom. The van der Waals surface area contributed by atoms with Crippen LogP contribution in [-0.2, 0) is 16.1 Å². The fourth-order valence-electron chi connectivity index (χ4n) is 3.01. The van der Waals surface area contributed by atoms with Gasteiger partial charge in [-0.1, -0.05) is 24.3 Å². The summed E-state index contributed by atoms with van der Waals surface area (Å²) >= 11 is 0. The summed E-state index contributed by atoms with van der Waals surface area (Å²) in [6.45, 7) is 2.50. The van der Waals surface area contributed by atoms with Crippen LogP contribution in [0, 0.1) is 0 Å². The van der Waals surface area contributed by atoms with Gasteiger partial charge in [-0.15, -0.1) is 0 Å². The van der Waals surface area contributed by atoms with E-state index in [0.717, 1.165) is 16.6 Å². The number of para-hydroxylation sites is 1. The molecule has 1 amide bonds. The van der Waals surface area contributed by atoms with Crippen molar-refractivity contribution in [2.75, 3.05) is 26.4 Å². The van der Waals surface area contributed by atoms with Crippen molar-refractivity contribution in [3.8, 4) is 5.75 Å². The average molecular weight is 378 g/mol. The van der Waals surface area contributed by atoms with Gasteiger partial charge in [-0.05, 0) is 36.4 Å². The first-order valence-corrected chi connectivity index (χ1v) is 9.33. The van der Waals surface area contributed by atoms with E-state index in [0.29, 0.717) is 44.3 Å². The van der Waals surface area contributed by atoms with Gasteiger partial charge in [-0.2, -0.15) is 0 Å². The molecule has 0 saturated carbocycles. The molecule has 1 aliphatic rings. The van der Waals surface area contributed by atoms with E-state index in [-0.39, 0.29) is 12.0 Å². The van der Waals surface area contributed by atoms with Crippen molar-refractivity contribution in [3.63, 3.8) is 0 Å². The standard InChI is InChI=1S/C22H22N2O4/c25-22(23-13-20-15-26-11-12-27-20)17-6-9-19(10-7-17)28-14-18-8-5-16-3-1-2-4-21(16)24-18/h1-10,20H,11-15H2,(H,23,25)/t20-/m0/s1. The summed E-state index contributed by atoms with van der Waals surface area (Å²) in [6, 6.07) is 19.0. The average Bonchev–Trinajstić information content (AvgIpc) is 2.77. The van der Waals surface area contributed by atoms with Gasteiger partial charge in [0.25, 0.3) is 5.91 Å². The zero-order valence-corrected chi connectivity index (χ0v) is 15.5. The molecule has 0 bridgehead atoms. The highest BCUT2D eigenvalue weighted by Gasteiger charge is 2.15. The number of nitrogens with zero attached hydrogens (tertiary/aromatic N) is 1. The molecule has 1 aliphatic heterocycles. The Morgan fingerprint density at radius 3 is 2.75 bits per heavy atom. The van der Waals surface area contributed by atoms with E-state index in [1.165, 1.54) is 0 Å². The van der Waals surface area contributed by atoms with Crippen LogP contribution in [0.3, 0.4) is 0 Å². The second-order valence-electron chi connectivity index (χ2n) is 6.59. The molecule has 1 saturated heterocycles. The normalized spacial score (nSPS) is 16.6. The fraction of sp³-hybridized carbons (Fsp3) is 0.273. The van der Waals surface area contributed by atoms with Crippen LogP contribution < -0.4 is 10.1 Å². The molecule has 0 radical (unpaired) electrons. The summed E-state index contributed by atoms with van der Waals surface area (Å²) in [4.78, 5) is 16.8. The molecule has 0 spiro atoms. The number of hydrogen-bond acceptors (Lipinski definition) is 5. The second kappa shape index (κ2) is 8.82. The number of amides is 1. The maximum absolute atomic E-state index is 12.2. The van der Waals surface area contributed by atoms with Gasteiger partial charge in [-0.25, -0.2) is 4.98 Å². The molecule has 0 aliphatic carbocycles. The number of carbonyl (C=O) groups is 1. The van der Waals surface area contributed by atoms with Crippen LogP contribution in [0.25, 0.3) is 10.9 Å². The molecule has 2 heterocycles. The summed E-state index contributed by atoms with van der Waals surface area (Å²) < 4.78 is 16.6. The van der Waals surface area contributed by atoms with Gasteiger partial charge in [0.15, 0.2) is 0 Å². The largest absolute Gasteiger partial charge is 0.487 e. The molecule has 3 aromatic rings. The van der Waals surface area contributed by atoms with Gasteiger partial charge in [0.05, 0.1) is 37.1 Å². The number of fused-ring (bicyclic) bond motifs is 1. The Bertz CT molecular complexity index is 937. The van der Waals surface area contributed by atoms with Crippen molar-refractivity contribution in [2.45, 2.75) is 12.7 Å². The van der Waals surface area contributed by atoms with E-state index >= 15 is 0 Å². The molecule has 6 nitrogen and oxygen atoms in total. The quantitative estimate of drug-likeness (QED) is 0.714. The smallest absolute Gasteiger partial charge is 0.251 e. The van der Waals surface area contributed by atoms with Crippen molar-refractivity contribution in [3.05, 3.63) is 71.9 Å². The van der Waals surface area contributed by atoms with Gasteiger partial charge < -0.3 is 19.5 Å². The summed E-state index contributed by atoms with van der Waals surface area (Å²) in [6.07, 6.45) is -0.0882. The first-order valence-electron chi connectivity index (χ1n) is 9.33. The lowest BCUT2D eigenvalue weighted by Crippen LogP contribution is -2.39. The first kappa shape index (κ1) is 18.4. The van der Waals surface area contributed by atoms with Crippen molar-refractivity contribution in [1.29, 1.82) is 0 Å². The van der Waals surface area contributed by atoms with Crippen LogP contribution in [0.15, 0.2) is 60.7 Å². The molecule has 6 heteroatoms. The zero-order valence-electron chi connectivity index (χ0n) is 15.5. The number of ether oxygens (including phenoxy) is 3. The van der Waals surface area contributed by atoms with E-state index in [4.69, 9.17) is 14.2 Å². The van der Waals surface area contributed by atoms with Gasteiger partial charge in [0, 0.05) is 17.5 Å². The van der Waals surface area contributed by atoms with Gasteiger partial charge in [0.1, 0.15) is 12.4 Å². The molecular formula is C22H22N2O4. The highest BCUT2D eigenvalue weighted by molar-refractivity contribution is 5.94. The topological polar surface area (TPSA) is 69.7 Å². The minimum absolute atomic E-state index is 0.0882. The Morgan fingerprint density at radius 1 is 1.07 bits per heavy atom. The van der Waals surface area contributed by atoms with Crippen LogP contribution in [0.1, 0.15) is 16.1 Å². The third-order valence-corrected chi connectivity index (χ3v) is 4.53. The van der Waals surface area contributed by atoms with Crippen LogP contribution in [0.5, 0.6) is 5.75 Å². The first-order chi connectivity index (χ1) is 13.8. The molecule has 1 fully saturated rings. The lowest BCUT2D eigenvalue weighted by atomic mass is 10.2. The van der Waals surface area contributed by atoms with Crippen molar-refractivity contribution < 1.29 is 19.0 Å². The van der Waals surface area contributed by atoms with Crippen LogP contribution >= 0.6 is 0 Å². The number of rotatable bonds is 6. The van der Waals surface area contributed by atoms with Gasteiger partial charge in [0.2, 0.25) is 0 Å². The number of benzene rings is 2. The zero-order chi connectivity index (χ0) is 19.2. The summed E-state index contributed by atoms with van der Waals surface area (Å²) in [5, 5.41) is 3.97. The maximum Gasteiger partial charge on any atom is 0.251 e. The van der Waals surface area contributed by atoms with Crippen molar-refractivity contribution >= 4 is 16.8 Å². The number of pyridine rings is 1. The number of carbonyl (C=O) groups excluding carboxylic acids is 1. The van der Waals surface area contributed by atoms with Crippen LogP contribution in [0.4, 0.5) is 0 Å². The summed E-state index contributed by atoms with van der Waals surface area (Å²) in [5.41, 5.74) is 2.38. The minimum Gasteiger partial charge on any atom is -0.487 e. The predicted molar refractivity (Wildman–Crippen MR) is 105 cm³/mol. The molecule has 2 aromatic carbocycles. The lowest BCUT2D eigenvalue weighted by molar-refractivity contribution is -0.0855. The fourth-order valence-corrected chi connectivity index (χ4v) is 3.01. The number of hydrogen-bond donors (Lipinski definition) is 1. The van der Waals surface area contributed by atoms with Gasteiger partial charge in [-0.3, -0.25) is 4.79 Å². The molecular weight excluding hydrogens is 356 g/mol. The third kappa shape index (κ3) is 4.65. The maximum atomic E-state index is 12.2. The Balaban J connectivity index is 1.30. The minimum atomic E-state index is -0.142. The lowest BCUT2D eigenvalue weighted by Gasteiger charge is -2.23. The molecule has 1 N–H and O–H groups in total. The molecule has 0 unspecified atom stereocenters. The van der Waals surface area contributed by atoms with Gasteiger partial charge >= 0.3 is 0 Å². The van der Waals surface area contributed by atoms with E-state index in [2.05, 4.69) is 10.3 Å². The molecule has 1 aromatic heterocycles. The summed E-state index contributed by atoms with van der Waals surface area (Å²) in [7, 11) is 0. The molecule has 28 heavy (non-hydrogen) atoms. The molecule has 4 rings (SSSR count). The second-order valence-corrected chi connectivity index (χ2v) is 6.59. The molecule has 144 valence electrons. The van der Waals surface area contributed by atoms with Crippen LogP contribution in [-0.4, -0.2) is 43.4 Å². The number of nitrogens with one attached hydrogen (secondary N) is 1. The highest BCUT2D eigenvalue weighted by Crippen LogP contribution is 2.16. The Labute approximate surface area is 163 Å². The predicted octanol–water partition coefficient (Wildman–Crippen LogP) is 2.96. The van der Waals surface area contributed by atoms with Crippen molar-refractivity contribution in [1.82, 2.24) is 10.3 Å². The third-order valence-electron chi connectivity index (χ3n) is 4.53. The monoisotopic (exact) mass is 378 g/mol. The summed E-state index contributed by atoms with van der Waals surface area (Å²) in [5.74, 6) is 0.549. The van der Waals surface area contributed by atoms with E-state index in [1.54, 1.807) is 24.3 Å². The van der Waals surface area contributed by atoms with Crippen LogP contribution in [0.2, 0.25) is 0 Å². The number of aromatic nitrogens is 1. The Hall–Kier alpha value is -2.96. The van der Waals surface area contributed by atoms with E-state index < -0.39 is 0 Å². The van der Waals surface area contributed by atoms with E-state index in [1.807, 2.05) is 36.4 Å². The van der Waals surface area contributed by atoms with Crippen molar-refractivity contribution in [2.24, 2.45) is 0 Å². The highest BCUT2D eigenvalue weighted by atomic mass is 16.6. The molecule has 1 atom stereocenters. The van der Waals surface area contributed by atoms with E-state index in [9.17, 15) is 4.79 Å².